The van der Waals surface area contributed by atoms with Crippen LogP contribution >= 0.6 is 0 Å². The molecule has 0 atom stereocenters. The van der Waals surface area contributed by atoms with Gasteiger partial charge in [-0.15, -0.1) is 0 Å². The molecule has 2 aromatic rings. The van der Waals surface area contributed by atoms with Crippen molar-refractivity contribution in [2.24, 2.45) is 0 Å². The van der Waals surface area contributed by atoms with Crippen molar-refractivity contribution in [3.05, 3.63) is 60.2 Å². The van der Waals surface area contributed by atoms with Gasteiger partial charge in [0.15, 0.2) is 0 Å². The summed E-state index contributed by atoms with van der Waals surface area (Å²) < 4.78 is 26.2. The zero-order valence-corrected chi connectivity index (χ0v) is 14.5. The minimum atomic E-state index is -3.99. The number of benzene rings is 2. The molecular formula is C17H19N3O4S. The van der Waals surface area contributed by atoms with Crippen molar-refractivity contribution in [3.63, 3.8) is 0 Å². The molecule has 2 rings (SSSR count). The first-order chi connectivity index (χ1) is 11.9. The number of amides is 3. The van der Waals surface area contributed by atoms with Gasteiger partial charge >= 0.3 is 6.03 Å². The SMILES string of the molecule is CCCNC(=O)c1ccccc1NC(=O)NS(=O)(=O)c1ccccc1. The van der Waals surface area contributed by atoms with E-state index in [0.717, 1.165) is 6.42 Å². The average Bonchev–Trinajstić information content (AvgIpc) is 2.60. The molecule has 0 heterocycles. The molecule has 0 aliphatic rings. The highest BCUT2D eigenvalue weighted by Crippen LogP contribution is 2.15. The van der Waals surface area contributed by atoms with Gasteiger partial charge in [-0.25, -0.2) is 17.9 Å². The molecule has 2 aromatic carbocycles. The van der Waals surface area contributed by atoms with Gasteiger partial charge in [0.25, 0.3) is 15.9 Å². The lowest BCUT2D eigenvalue weighted by molar-refractivity contribution is 0.0954. The van der Waals surface area contributed by atoms with E-state index in [-0.39, 0.29) is 22.1 Å². The number of rotatable bonds is 6. The fraction of sp³-hybridized carbons (Fsp3) is 0.176. The average molecular weight is 361 g/mol. The zero-order valence-electron chi connectivity index (χ0n) is 13.7. The molecule has 3 amide bonds. The molecule has 0 bridgehead atoms. The van der Waals surface area contributed by atoms with Gasteiger partial charge in [-0.2, -0.15) is 0 Å². The van der Waals surface area contributed by atoms with E-state index in [1.165, 1.54) is 18.2 Å². The second-order valence-corrected chi connectivity index (χ2v) is 6.86. The number of nitrogens with one attached hydrogen (secondary N) is 3. The fourth-order valence-corrected chi connectivity index (χ4v) is 2.98. The van der Waals surface area contributed by atoms with Gasteiger partial charge in [0.1, 0.15) is 0 Å². The Hall–Kier alpha value is -2.87. The molecule has 0 spiro atoms. The van der Waals surface area contributed by atoms with Crippen molar-refractivity contribution in [3.8, 4) is 0 Å². The summed E-state index contributed by atoms with van der Waals surface area (Å²) in [4.78, 5) is 24.1. The standard InChI is InChI=1S/C17H19N3O4S/c1-2-12-18-16(21)14-10-6-7-11-15(14)19-17(22)20-25(23,24)13-8-4-3-5-9-13/h3-11H,2,12H2,1H3,(H,18,21)(H2,19,20,22). The van der Waals surface area contributed by atoms with Gasteiger partial charge in [0.05, 0.1) is 16.1 Å². The summed E-state index contributed by atoms with van der Waals surface area (Å²) in [5.41, 5.74) is 0.472. The quantitative estimate of drug-likeness (QED) is 0.734. The Kier molecular flexibility index (Phi) is 6.13. The molecule has 25 heavy (non-hydrogen) atoms. The minimum absolute atomic E-state index is 0.0286. The third-order valence-corrected chi connectivity index (χ3v) is 4.58. The maximum absolute atomic E-state index is 12.1. The van der Waals surface area contributed by atoms with Crippen LogP contribution in [0, 0.1) is 0 Å². The predicted molar refractivity (Wildman–Crippen MR) is 94.8 cm³/mol. The minimum Gasteiger partial charge on any atom is -0.352 e. The Labute approximate surface area is 146 Å². The number of sulfonamides is 1. The molecule has 0 fully saturated rings. The van der Waals surface area contributed by atoms with Crippen molar-refractivity contribution in [2.45, 2.75) is 18.2 Å². The van der Waals surface area contributed by atoms with Crippen molar-refractivity contribution < 1.29 is 18.0 Å². The lowest BCUT2D eigenvalue weighted by Gasteiger charge is -2.12. The van der Waals surface area contributed by atoms with Gasteiger partial charge < -0.3 is 10.6 Å². The van der Waals surface area contributed by atoms with E-state index in [4.69, 9.17) is 0 Å². The summed E-state index contributed by atoms with van der Waals surface area (Å²) in [6.45, 7) is 2.42. The first kappa shape index (κ1) is 18.5. The number of carbonyl (C=O) groups is 2. The predicted octanol–water partition coefficient (Wildman–Crippen LogP) is 2.34. The molecular weight excluding hydrogens is 342 g/mol. The Morgan fingerprint density at radius 3 is 2.28 bits per heavy atom. The Morgan fingerprint density at radius 1 is 0.960 bits per heavy atom. The molecule has 0 aliphatic carbocycles. The van der Waals surface area contributed by atoms with E-state index in [1.807, 2.05) is 11.6 Å². The summed E-state index contributed by atoms with van der Waals surface area (Å²) in [5.74, 6) is -0.344. The maximum Gasteiger partial charge on any atom is 0.333 e. The van der Waals surface area contributed by atoms with Crippen LogP contribution in [0.4, 0.5) is 10.5 Å². The zero-order chi connectivity index (χ0) is 18.3. The molecule has 0 unspecified atom stereocenters. The Morgan fingerprint density at radius 2 is 1.60 bits per heavy atom. The number of hydrogen-bond donors (Lipinski definition) is 3. The molecule has 0 radical (unpaired) electrons. The molecule has 3 N–H and O–H groups in total. The molecule has 0 aromatic heterocycles. The lowest BCUT2D eigenvalue weighted by Crippen LogP contribution is -2.35. The van der Waals surface area contributed by atoms with Crippen molar-refractivity contribution in [1.82, 2.24) is 10.0 Å². The summed E-state index contributed by atoms with van der Waals surface area (Å²) in [7, 11) is -3.99. The fourth-order valence-electron chi connectivity index (χ4n) is 2.05. The summed E-state index contributed by atoms with van der Waals surface area (Å²) in [6.07, 6.45) is 0.775. The van der Waals surface area contributed by atoms with Gasteiger partial charge in [0, 0.05) is 6.54 Å². The van der Waals surface area contributed by atoms with Crippen LogP contribution in [-0.2, 0) is 10.0 Å². The van der Waals surface area contributed by atoms with Crippen LogP contribution in [0.1, 0.15) is 23.7 Å². The topological polar surface area (TPSA) is 104 Å². The molecule has 0 saturated heterocycles. The highest BCUT2D eigenvalue weighted by Gasteiger charge is 2.19. The van der Waals surface area contributed by atoms with Crippen LogP contribution in [0.5, 0.6) is 0 Å². The summed E-state index contributed by atoms with van der Waals surface area (Å²) in [5, 5.41) is 5.11. The van der Waals surface area contributed by atoms with Gasteiger partial charge in [-0.05, 0) is 30.7 Å². The van der Waals surface area contributed by atoms with Crippen LogP contribution < -0.4 is 15.4 Å². The smallest absolute Gasteiger partial charge is 0.333 e. The summed E-state index contributed by atoms with van der Waals surface area (Å²) in [6, 6.07) is 13.0. The third kappa shape index (κ3) is 5.05. The first-order valence-corrected chi connectivity index (χ1v) is 9.18. The van der Waals surface area contributed by atoms with Crippen LogP contribution in [0.15, 0.2) is 59.5 Å². The normalized spacial score (nSPS) is 10.8. The monoisotopic (exact) mass is 361 g/mol. The van der Waals surface area contributed by atoms with Crippen molar-refractivity contribution in [2.75, 3.05) is 11.9 Å². The Bertz CT molecular complexity index is 851. The lowest BCUT2D eigenvalue weighted by atomic mass is 10.1. The highest BCUT2D eigenvalue weighted by atomic mass is 32.2. The molecule has 8 heteroatoms. The number of anilines is 1. The largest absolute Gasteiger partial charge is 0.352 e. The molecule has 0 aliphatic heterocycles. The van der Waals surface area contributed by atoms with Crippen LogP contribution in [0.25, 0.3) is 0 Å². The highest BCUT2D eigenvalue weighted by molar-refractivity contribution is 7.90. The second-order valence-electron chi connectivity index (χ2n) is 5.17. The van der Waals surface area contributed by atoms with E-state index in [0.29, 0.717) is 6.54 Å². The molecule has 7 nitrogen and oxygen atoms in total. The van der Waals surface area contributed by atoms with E-state index in [9.17, 15) is 18.0 Å². The number of para-hydroxylation sites is 1. The van der Waals surface area contributed by atoms with E-state index >= 15 is 0 Å². The summed E-state index contributed by atoms with van der Waals surface area (Å²) >= 11 is 0. The van der Waals surface area contributed by atoms with E-state index < -0.39 is 16.1 Å². The van der Waals surface area contributed by atoms with Crippen LogP contribution in [0.3, 0.4) is 0 Å². The number of urea groups is 1. The van der Waals surface area contributed by atoms with Crippen LogP contribution in [-0.4, -0.2) is 26.9 Å². The number of carbonyl (C=O) groups excluding carboxylic acids is 2. The molecule has 0 saturated carbocycles. The van der Waals surface area contributed by atoms with E-state index in [1.54, 1.807) is 36.4 Å². The van der Waals surface area contributed by atoms with Crippen molar-refractivity contribution >= 4 is 27.6 Å². The number of hydrogen-bond acceptors (Lipinski definition) is 4. The Balaban J connectivity index is 2.12. The van der Waals surface area contributed by atoms with Gasteiger partial charge in [-0.3, -0.25) is 4.79 Å². The first-order valence-electron chi connectivity index (χ1n) is 7.70. The third-order valence-electron chi connectivity index (χ3n) is 3.24. The van der Waals surface area contributed by atoms with E-state index in [2.05, 4.69) is 10.6 Å². The molecule has 132 valence electrons. The van der Waals surface area contributed by atoms with Gasteiger partial charge in [-0.1, -0.05) is 37.3 Å². The van der Waals surface area contributed by atoms with Crippen molar-refractivity contribution in [1.29, 1.82) is 0 Å². The second kappa shape index (κ2) is 8.29. The van der Waals surface area contributed by atoms with Crippen LogP contribution in [0.2, 0.25) is 0 Å². The van der Waals surface area contributed by atoms with Gasteiger partial charge in [0.2, 0.25) is 0 Å². The maximum atomic E-state index is 12.1.